The molecule has 9 heavy (non-hydrogen) atoms. The minimum atomic E-state index is 0.793. The summed E-state index contributed by atoms with van der Waals surface area (Å²) in [5.41, 5.74) is 1.42. The summed E-state index contributed by atoms with van der Waals surface area (Å²) in [6, 6.07) is 0. The Balaban J connectivity index is 2.41. The van der Waals surface area contributed by atoms with Crippen molar-refractivity contribution in [2.24, 2.45) is 5.92 Å². The Labute approximate surface area is 58.0 Å². The van der Waals surface area contributed by atoms with Gasteiger partial charge in [0, 0.05) is 0 Å². The lowest BCUT2D eigenvalue weighted by Gasteiger charge is -2.18. The molecule has 1 aliphatic rings. The van der Waals surface area contributed by atoms with E-state index < -0.39 is 0 Å². The van der Waals surface area contributed by atoms with E-state index in [0.29, 0.717) is 0 Å². The van der Waals surface area contributed by atoms with Gasteiger partial charge in [-0.15, -0.1) is 0 Å². The van der Waals surface area contributed by atoms with Crippen molar-refractivity contribution in [3.63, 3.8) is 0 Å². The Bertz CT molecular complexity index is 111. The van der Waals surface area contributed by atoms with Crippen molar-refractivity contribution in [2.45, 2.75) is 26.7 Å². The van der Waals surface area contributed by atoms with Crippen LogP contribution in [0, 0.1) is 18.8 Å². The number of allylic oxidation sites excluding steroid dienone is 2. The van der Waals surface area contributed by atoms with E-state index in [1.807, 2.05) is 0 Å². The molecule has 2 radical (unpaired) electrons. The molecule has 0 saturated heterocycles. The van der Waals surface area contributed by atoms with E-state index in [4.69, 9.17) is 0 Å². The molecule has 0 aromatic heterocycles. The molecule has 1 aliphatic carbocycles. The second-order valence-corrected chi connectivity index (χ2v) is 2.71. The molecular formula is C9H14. The van der Waals surface area contributed by atoms with Crippen LogP contribution in [0.3, 0.4) is 0 Å². The zero-order valence-corrected chi connectivity index (χ0v) is 6.22. The Kier molecular flexibility index (Phi) is 2.32. The third-order valence-corrected chi connectivity index (χ3v) is 1.81. The van der Waals surface area contributed by atoms with Gasteiger partial charge >= 0.3 is 0 Å². The number of rotatable bonds is 0. The van der Waals surface area contributed by atoms with Crippen molar-refractivity contribution in [3.05, 3.63) is 24.5 Å². The average molecular weight is 122 g/mol. The van der Waals surface area contributed by atoms with Gasteiger partial charge in [0.15, 0.2) is 0 Å². The maximum Gasteiger partial charge on any atom is -0.0106 e. The third kappa shape index (κ3) is 1.85. The highest BCUT2D eigenvalue weighted by molar-refractivity contribution is 5.25. The molecule has 1 unspecified atom stereocenters. The molecule has 0 aromatic rings. The molecule has 1 atom stereocenters. The van der Waals surface area contributed by atoms with Crippen LogP contribution in [-0.4, -0.2) is 0 Å². The summed E-state index contributed by atoms with van der Waals surface area (Å²) < 4.78 is 0. The first-order chi connectivity index (χ1) is 4.33. The monoisotopic (exact) mass is 122 g/mol. The van der Waals surface area contributed by atoms with Gasteiger partial charge in [-0.05, 0) is 38.5 Å². The van der Waals surface area contributed by atoms with E-state index in [0.717, 1.165) is 5.92 Å². The number of hydrogen-bond acceptors (Lipinski definition) is 0. The van der Waals surface area contributed by atoms with Gasteiger partial charge in [-0.2, -0.15) is 0 Å². The van der Waals surface area contributed by atoms with Gasteiger partial charge in [0.05, 0.1) is 0 Å². The summed E-state index contributed by atoms with van der Waals surface area (Å²) in [5, 5.41) is 0. The van der Waals surface area contributed by atoms with Gasteiger partial charge < -0.3 is 0 Å². The van der Waals surface area contributed by atoms with Crippen LogP contribution in [-0.2, 0) is 0 Å². The lowest BCUT2D eigenvalue weighted by atomic mass is 9.87. The van der Waals surface area contributed by atoms with Crippen LogP contribution < -0.4 is 0 Å². The van der Waals surface area contributed by atoms with Crippen LogP contribution >= 0.6 is 0 Å². The lowest BCUT2D eigenvalue weighted by molar-refractivity contribution is 0.581. The molecular weight excluding hydrogens is 108 g/mol. The van der Waals surface area contributed by atoms with E-state index in [1.54, 1.807) is 0 Å². The highest BCUT2D eigenvalue weighted by Gasteiger charge is 2.11. The third-order valence-electron chi connectivity index (χ3n) is 1.81. The van der Waals surface area contributed by atoms with Gasteiger partial charge in [-0.3, -0.25) is 0 Å². The topological polar surface area (TPSA) is 0 Å². The fourth-order valence-corrected chi connectivity index (χ4v) is 1.21. The van der Waals surface area contributed by atoms with Crippen LogP contribution in [0.5, 0.6) is 0 Å². The molecule has 50 valence electrons. The molecule has 0 N–H and O–H groups in total. The Morgan fingerprint density at radius 2 is 2.44 bits per heavy atom. The van der Waals surface area contributed by atoms with Crippen LogP contribution in [0.1, 0.15) is 26.7 Å². The zero-order valence-electron chi connectivity index (χ0n) is 6.22. The minimum absolute atomic E-state index is 0.793. The largest absolute Gasteiger partial charge is 0.0878 e. The predicted molar refractivity (Wildman–Crippen MR) is 40.8 cm³/mol. The standard InChI is InChI=1S/C9H14/c1-3-9-6-4-5-8(2)7-9/h3,6-8H,4-5H2,1-2H3/b9-3-. The van der Waals surface area contributed by atoms with Gasteiger partial charge in [0.1, 0.15) is 0 Å². The summed E-state index contributed by atoms with van der Waals surface area (Å²) in [5.74, 6) is 0.793. The van der Waals surface area contributed by atoms with Crippen LogP contribution in [0.2, 0.25) is 0 Å². The molecule has 0 bridgehead atoms. The molecule has 0 heterocycles. The molecule has 0 heteroatoms. The predicted octanol–water partition coefficient (Wildman–Crippen LogP) is 2.77. The minimum Gasteiger partial charge on any atom is -0.0878 e. The Morgan fingerprint density at radius 3 is 2.89 bits per heavy atom. The fourth-order valence-electron chi connectivity index (χ4n) is 1.21. The summed E-state index contributed by atoms with van der Waals surface area (Å²) in [4.78, 5) is 0. The van der Waals surface area contributed by atoms with E-state index in [2.05, 4.69) is 32.8 Å². The van der Waals surface area contributed by atoms with Crippen LogP contribution in [0.4, 0.5) is 0 Å². The molecule has 0 nitrogen and oxygen atoms in total. The second kappa shape index (κ2) is 3.05. The first-order valence-electron chi connectivity index (χ1n) is 3.67. The van der Waals surface area contributed by atoms with Crippen molar-refractivity contribution < 1.29 is 0 Å². The average Bonchev–Trinajstić information content (AvgIpc) is 1.88. The highest BCUT2D eigenvalue weighted by atomic mass is 14.2. The summed E-state index contributed by atoms with van der Waals surface area (Å²) in [6.45, 7) is 4.37. The smallest absolute Gasteiger partial charge is 0.0106 e. The first-order valence-corrected chi connectivity index (χ1v) is 3.67. The second-order valence-electron chi connectivity index (χ2n) is 2.71. The summed E-state index contributed by atoms with van der Waals surface area (Å²) in [7, 11) is 0. The maximum atomic E-state index is 2.34. The van der Waals surface area contributed by atoms with Crippen molar-refractivity contribution in [2.75, 3.05) is 0 Å². The summed E-state index contributed by atoms with van der Waals surface area (Å²) in [6.07, 6.45) is 9.41. The van der Waals surface area contributed by atoms with Gasteiger partial charge in [0.25, 0.3) is 0 Å². The first kappa shape index (κ1) is 6.85. The van der Waals surface area contributed by atoms with Gasteiger partial charge in [0.2, 0.25) is 0 Å². The SMILES string of the molecule is C/C=C1/[CH]CCC(C)[CH]1. The molecule has 1 fully saturated rings. The van der Waals surface area contributed by atoms with E-state index >= 15 is 0 Å². The van der Waals surface area contributed by atoms with Crippen LogP contribution in [0.25, 0.3) is 0 Å². The van der Waals surface area contributed by atoms with Crippen LogP contribution in [0.15, 0.2) is 11.6 Å². The molecule has 0 amide bonds. The van der Waals surface area contributed by atoms with E-state index in [-0.39, 0.29) is 0 Å². The van der Waals surface area contributed by atoms with Gasteiger partial charge in [-0.25, -0.2) is 0 Å². The molecule has 0 spiro atoms. The lowest BCUT2D eigenvalue weighted by Crippen LogP contribution is -2.05. The number of hydrogen-bond donors (Lipinski definition) is 0. The van der Waals surface area contributed by atoms with Crippen molar-refractivity contribution in [3.8, 4) is 0 Å². The Morgan fingerprint density at radius 1 is 1.67 bits per heavy atom. The van der Waals surface area contributed by atoms with E-state index in [1.165, 1.54) is 18.4 Å². The fraction of sp³-hybridized carbons (Fsp3) is 0.556. The van der Waals surface area contributed by atoms with Crippen molar-refractivity contribution in [1.29, 1.82) is 0 Å². The normalized spacial score (nSPS) is 33.1. The Hall–Kier alpha value is -0.260. The van der Waals surface area contributed by atoms with E-state index in [9.17, 15) is 0 Å². The zero-order chi connectivity index (χ0) is 6.69. The maximum absolute atomic E-state index is 2.34. The quantitative estimate of drug-likeness (QED) is 0.463. The van der Waals surface area contributed by atoms with Gasteiger partial charge in [-0.1, -0.05) is 18.6 Å². The molecule has 0 aromatic carbocycles. The van der Waals surface area contributed by atoms with Crippen molar-refractivity contribution >= 4 is 0 Å². The molecule has 1 saturated carbocycles. The molecule has 0 aliphatic heterocycles. The van der Waals surface area contributed by atoms with Crippen molar-refractivity contribution in [1.82, 2.24) is 0 Å². The highest BCUT2D eigenvalue weighted by Crippen LogP contribution is 2.25. The summed E-state index contributed by atoms with van der Waals surface area (Å²) >= 11 is 0. The molecule has 1 rings (SSSR count).